The summed E-state index contributed by atoms with van der Waals surface area (Å²) in [6.45, 7) is 10.9. The van der Waals surface area contributed by atoms with Crippen molar-refractivity contribution in [3.05, 3.63) is 35.9 Å². The van der Waals surface area contributed by atoms with Gasteiger partial charge in [0.05, 0.1) is 12.1 Å². The van der Waals surface area contributed by atoms with Crippen molar-refractivity contribution in [2.24, 2.45) is 5.92 Å². The fourth-order valence-corrected chi connectivity index (χ4v) is 5.02. The van der Waals surface area contributed by atoms with Crippen LogP contribution in [0, 0.1) is 5.92 Å². The minimum absolute atomic E-state index is 0.0272. The minimum Gasteiger partial charge on any atom is -0.480 e. The van der Waals surface area contributed by atoms with Crippen LogP contribution in [0.2, 0.25) is 18.1 Å². The van der Waals surface area contributed by atoms with Gasteiger partial charge in [-0.05, 0) is 30.1 Å². The summed E-state index contributed by atoms with van der Waals surface area (Å²) in [5.41, 5.74) is 0.873. The van der Waals surface area contributed by atoms with E-state index >= 15 is 0 Å². The third kappa shape index (κ3) is 3.62. The monoisotopic (exact) mass is 391 g/mol. The SMILES string of the molecule is CC(C)(C)[Si](C)(C)O[C@H]1[C@@H]2C[C@H]1N(C(=O)OCc1ccccc1)[C@H]2C(=O)O. The van der Waals surface area contributed by atoms with Crippen molar-refractivity contribution in [1.29, 1.82) is 0 Å². The zero-order chi connectivity index (χ0) is 20.0. The molecule has 1 N–H and O–H groups in total. The summed E-state index contributed by atoms with van der Waals surface area (Å²) in [4.78, 5) is 25.9. The Labute approximate surface area is 161 Å². The zero-order valence-electron chi connectivity index (χ0n) is 16.6. The molecule has 0 radical (unpaired) electrons. The van der Waals surface area contributed by atoms with E-state index in [0.29, 0.717) is 6.42 Å². The largest absolute Gasteiger partial charge is 0.480 e. The van der Waals surface area contributed by atoms with E-state index in [1.165, 1.54) is 4.90 Å². The number of ether oxygens (including phenoxy) is 1. The first-order valence-corrected chi connectivity index (χ1v) is 12.3. The summed E-state index contributed by atoms with van der Waals surface area (Å²) in [6.07, 6.45) is -0.118. The van der Waals surface area contributed by atoms with Crippen LogP contribution in [0.15, 0.2) is 30.3 Å². The van der Waals surface area contributed by atoms with Gasteiger partial charge in [-0.1, -0.05) is 51.1 Å². The van der Waals surface area contributed by atoms with Crippen LogP contribution in [0.25, 0.3) is 0 Å². The number of carboxylic acids is 1. The number of hydrogen-bond acceptors (Lipinski definition) is 4. The molecule has 6 nitrogen and oxygen atoms in total. The molecular formula is C20H29NO5Si. The summed E-state index contributed by atoms with van der Waals surface area (Å²) < 4.78 is 11.9. The second kappa shape index (κ2) is 6.94. The Balaban J connectivity index is 1.71. The topological polar surface area (TPSA) is 76.1 Å². The van der Waals surface area contributed by atoms with Crippen LogP contribution < -0.4 is 0 Å². The van der Waals surface area contributed by atoms with Gasteiger partial charge in [0.2, 0.25) is 0 Å². The maximum absolute atomic E-state index is 12.7. The van der Waals surface area contributed by atoms with Gasteiger partial charge in [-0.2, -0.15) is 0 Å². The van der Waals surface area contributed by atoms with Gasteiger partial charge in [0.25, 0.3) is 0 Å². The average molecular weight is 392 g/mol. The van der Waals surface area contributed by atoms with E-state index in [1.807, 2.05) is 30.3 Å². The van der Waals surface area contributed by atoms with Gasteiger partial charge in [0.15, 0.2) is 8.32 Å². The van der Waals surface area contributed by atoms with Crippen molar-refractivity contribution in [2.75, 3.05) is 0 Å². The number of carbonyl (C=O) groups excluding carboxylic acids is 1. The second-order valence-electron chi connectivity index (χ2n) is 9.04. The van der Waals surface area contributed by atoms with Gasteiger partial charge in [0, 0.05) is 5.92 Å². The van der Waals surface area contributed by atoms with E-state index in [9.17, 15) is 14.7 Å². The van der Waals surface area contributed by atoms with Crippen molar-refractivity contribution < 1.29 is 23.9 Å². The van der Waals surface area contributed by atoms with Gasteiger partial charge < -0.3 is 14.3 Å². The third-order valence-electron chi connectivity index (χ3n) is 6.28. The number of amides is 1. The average Bonchev–Trinajstić information content (AvgIpc) is 3.12. The molecule has 1 aromatic carbocycles. The van der Waals surface area contributed by atoms with Crippen molar-refractivity contribution in [3.8, 4) is 0 Å². The van der Waals surface area contributed by atoms with Gasteiger partial charge in [-0.3, -0.25) is 4.90 Å². The molecule has 2 aliphatic heterocycles. The minimum atomic E-state index is -2.05. The normalized spacial score (nSPS) is 27.2. The molecule has 0 aromatic heterocycles. The fourth-order valence-electron chi connectivity index (χ4n) is 3.66. The van der Waals surface area contributed by atoms with Gasteiger partial charge in [-0.25, -0.2) is 9.59 Å². The van der Waals surface area contributed by atoms with Crippen molar-refractivity contribution in [1.82, 2.24) is 4.90 Å². The van der Waals surface area contributed by atoms with Crippen LogP contribution in [-0.4, -0.2) is 48.6 Å². The van der Waals surface area contributed by atoms with Crippen LogP contribution >= 0.6 is 0 Å². The molecule has 7 heteroatoms. The van der Waals surface area contributed by atoms with Gasteiger partial charge in [0.1, 0.15) is 12.6 Å². The molecule has 3 fully saturated rings. The number of nitrogens with zero attached hydrogens (tertiary/aromatic N) is 1. The van der Waals surface area contributed by atoms with Crippen LogP contribution in [-0.2, 0) is 20.6 Å². The number of carbonyl (C=O) groups is 2. The third-order valence-corrected chi connectivity index (χ3v) is 10.8. The summed E-state index contributed by atoms with van der Waals surface area (Å²) >= 11 is 0. The van der Waals surface area contributed by atoms with E-state index in [0.717, 1.165) is 5.56 Å². The number of carboxylic acid groups (broad SMARTS) is 1. The highest BCUT2D eigenvalue weighted by atomic mass is 28.4. The lowest BCUT2D eigenvalue weighted by atomic mass is 9.79. The molecule has 0 spiro atoms. The molecule has 148 valence electrons. The maximum Gasteiger partial charge on any atom is 0.411 e. The van der Waals surface area contributed by atoms with Crippen LogP contribution in [0.1, 0.15) is 32.8 Å². The Bertz CT molecular complexity index is 715. The number of fused-ring (bicyclic) bond motifs is 1. The molecule has 1 saturated carbocycles. The highest BCUT2D eigenvalue weighted by Crippen LogP contribution is 2.51. The van der Waals surface area contributed by atoms with E-state index in [1.54, 1.807) is 0 Å². The summed E-state index contributed by atoms with van der Waals surface area (Å²) in [5, 5.41) is 9.72. The molecule has 3 aliphatic rings. The molecule has 4 rings (SSSR count). The highest BCUT2D eigenvalue weighted by molar-refractivity contribution is 6.74. The maximum atomic E-state index is 12.7. The summed E-state index contributed by atoms with van der Waals surface area (Å²) in [7, 11) is -2.05. The molecule has 27 heavy (non-hydrogen) atoms. The Hall–Kier alpha value is -1.86. The van der Waals surface area contributed by atoms with Crippen LogP contribution in [0.4, 0.5) is 4.79 Å². The Morgan fingerprint density at radius 1 is 1.22 bits per heavy atom. The predicted molar refractivity (Wildman–Crippen MR) is 104 cm³/mol. The molecule has 1 aromatic rings. The summed E-state index contributed by atoms with van der Waals surface area (Å²) in [6, 6.07) is 8.30. The van der Waals surface area contributed by atoms with Gasteiger partial charge >= 0.3 is 12.1 Å². The highest BCUT2D eigenvalue weighted by Gasteiger charge is 2.65. The number of hydrogen-bond donors (Lipinski definition) is 1. The van der Waals surface area contributed by atoms with Crippen LogP contribution in [0.3, 0.4) is 0 Å². The molecule has 0 unspecified atom stereocenters. The lowest BCUT2D eigenvalue weighted by molar-refractivity contribution is -0.142. The Morgan fingerprint density at radius 2 is 1.85 bits per heavy atom. The molecule has 1 amide bonds. The zero-order valence-corrected chi connectivity index (χ0v) is 17.6. The van der Waals surface area contributed by atoms with E-state index in [-0.39, 0.29) is 29.7 Å². The molecule has 2 bridgehead atoms. The molecule has 1 aliphatic carbocycles. The smallest absolute Gasteiger partial charge is 0.411 e. The van der Waals surface area contributed by atoms with E-state index in [2.05, 4.69) is 33.9 Å². The number of aliphatic carboxylic acids is 1. The quantitative estimate of drug-likeness (QED) is 0.771. The first kappa shape index (κ1) is 19.9. The van der Waals surface area contributed by atoms with Crippen molar-refractivity contribution in [3.63, 3.8) is 0 Å². The van der Waals surface area contributed by atoms with Gasteiger partial charge in [-0.15, -0.1) is 0 Å². The first-order valence-electron chi connectivity index (χ1n) is 9.42. The lowest BCUT2D eigenvalue weighted by Crippen LogP contribution is -2.54. The Morgan fingerprint density at radius 3 is 2.41 bits per heavy atom. The standard InChI is InChI=1S/C20H29NO5Si/c1-20(2,3)27(4,5)26-17-14-11-15(17)21(16(14)18(22)23)19(24)25-12-13-9-7-6-8-10-13/h6-10,14-17H,11-12H2,1-5H3,(H,22,23)/t14-,15-,16-,17+/m1/s1. The predicted octanol–water partition coefficient (Wildman–Crippen LogP) is 3.87. The molecule has 2 heterocycles. The number of rotatable bonds is 5. The lowest BCUT2D eigenvalue weighted by Gasteiger charge is -2.45. The Kier molecular flexibility index (Phi) is 5.11. The van der Waals surface area contributed by atoms with Crippen molar-refractivity contribution >= 4 is 20.4 Å². The second-order valence-corrected chi connectivity index (χ2v) is 13.8. The molecule has 2 saturated heterocycles. The first-order chi connectivity index (χ1) is 12.5. The molecular weight excluding hydrogens is 362 g/mol. The van der Waals surface area contributed by atoms with E-state index in [4.69, 9.17) is 9.16 Å². The fraction of sp³-hybridized carbons (Fsp3) is 0.600. The summed E-state index contributed by atoms with van der Waals surface area (Å²) in [5.74, 6) is -1.15. The number of benzene rings is 1. The molecule has 4 atom stereocenters. The van der Waals surface area contributed by atoms with Crippen LogP contribution in [0.5, 0.6) is 0 Å². The van der Waals surface area contributed by atoms with Crippen molar-refractivity contribution in [2.45, 2.75) is 70.1 Å². The van der Waals surface area contributed by atoms with E-state index < -0.39 is 26.4 Å².